The van der Waals surface area contributed by atoms with E-state index in [1.54, 1.807) is 14.2 Å². The van der Waals surface area contributed by atoms with Gasteiger partial charge in [0.25, 0.3) is 0 Å². The minimum atomic E-state index is -3.48. The molecular weight excluding hydrogens is 436 g/mol. The number of carbonyl (C=O) groups is 1. The van der Waals surface area contributed by atoms with Crippen LogP contribution in [-0.4, -0.2) is 57.4 Å². The van der Waals surface area contributed by atoms with Crippen molar-refractivity contribution in [1.29, 1.82) is 0 Å². The smallest absolute Gasteiger partial charge is 0.230 e. The molecule has 0 aromatic heterocycles. The van der Waals surface area contributed by atoms with Gasteiger partial charge in [-0.3, -0.25) is 4.79 Å². The number of nitrogens with one attached hydrogen (secondary N) is 1. The number of hydrogen-bond acceptors (Lipinski definition) is 6. The molecule has 0 fully saturated rings. The van der Waals surface area contributed by atoms with Crippen LogP contribution in [0.25, 0.3) is 0 Å². The number of amides is 1. The highest BCUT2D eigenvalue weighted by Crippen LogP contribution is 2.33. The molecule has 3 rings (SSSR count). The van der Waals surface area contributed by atoms with Crippen LogP contribution in [0.1, 0.15) is 16.7 Å². The van der Waals surface area contributed by atoms with Gasteiger partial charge in [0, 0.05) is 25.4 Å². The third-order valence-electron chi connectivity index (χ3n) is 5.10. The number of sulfonamides is 1. The van der Waals surface area contributed by atoms with Gasteiger partial charge in [-0.05, 0) is 35.2 Å². The van der Waals surface area contributed by atoms with Crippen molar-refractivity contribution >= 4 is 27.7 Å². The fraction of sp³-hybridized carbons (Fsp3) is 0.409. The third-order valence-corrected chi connectivity index (χ3v) is 7.93. The molecule has 2 aromatic carbocycles. The largest absolute Gasteiger partial charge is 0.493 e. The van der Waals surface area contributed by atoms with Crippen LogP contribution < -0.4 is 14.8 Å². The Morgan fingerprint density at radius 2 is 1.77 bits per heavy atom. The number of benzene rings is 2. The van der Waals surface area contributed by atoms with E-state index in [1.807, 2.05) is 42.5 Å². The second kappa shape index (κ2) is 10.9. The van der Waals surface area contributed by atoms with Crippen molar-refractivity contribution < 1.29 is 22.7 Å². The first kappa shape index (κ1) is 23.4. The zero-order chi connectivity index (χ0) is 22.3. The van der Waals surface area contributed by atoms with E-state index in [0.29, 0.717) is 36.8 Å². The van der Waals surface area contributed by atoms with Crippen molar-refractivity contribution in [2.24, 2.45) is 0 Å². The van der Waals surface area contributed by atoms with Crippen LogP contribution in [0.2, 0.25) is 0 Å². The Balaban J connectivity index is 1.47. The molecule has 2 aromatic rings. The fourth-order valence-corrected chi connectivity index (χ4v) is 5.57. The Bertz CT molecular complexity index is 996. The lowest BCUT2D eigenvalue weighted by Crippen LogP contribution is -2.40. The molecule has 31 heavy (non-hydrogen) atoms. The van der Waals surface area contributed by atoms with Crippen LogP contribution in [0, 0.1) is 0 Å². The summed E-state index contributed by atoms with van der Waals surface area (Å²) in [6.45, 7) is 0.799. The first-order valence-electron chi connectivity index (χ1n) is 10.0. The molecule has 1 aliphatic heterocycles. The lowest BCUT2D eigenvalue weighted by Gasteiger charge is -2.29. The average Bonchev–Trinajstić information content (AvgIpc) is 2.78. The molecule has 0 unspecified atom stereocenters. The van der Waals surface area contributed by atoms with Crippen molar-refractivity contribution in [2.45, 2.75) is 18.7 Å². The predicted octanol–water partition coefficient (Wildman–Crippen LogP) is 2.44. The molecule has 1 N–H and O–H groups in total. The van der Waals surface area contributed by atoms with E-state index in [-0.39, 0.29) is 18.2 Å². The average molecular weight is 465 g/mol. The summed E-state index contributed by atoms with van der Waals surface area (Å²) >= 11 is 1.51. The lowest BCUT2D eigenvalue weighted by atomic mass is 10.0. The van der Waals surface area contributed by atoms with Gasteiger partial charge in [-0.2, -0.15) is 4.31 Å². The molecule has 0 saturated carbocycles. The predicted molar refractivity (Wildman–Crippen MR) is 123 cm³/mol. The highest BCUT2D eigenvalue weighted by molar-refractivity contribution is 7.99. The van der Waals surface area contributed by atoms with Crippen LogP contribution >= 0.6 is 11.8 Å². The molecule has 1 amide bonds. The Labute approximate surface area is 188 Å². The summed E-state index contributed by atoms with van der Waals surface area (Å²) in [7, 11) is -0.341. The summed E-state index contributed by atoms with van der Waals surface area (Å²) in [5, 5.41) is 2.71. The van der Waals surface area contributed by atoms with Crippen molar-refractivity contribution in [3.05, 3.63) is 59.2 Å². The van der Waals surface area contributed by atoms with Gasteiger partial charge in [-0.25, -0.2) is 8.42 Å². The maximum Gasteiger partial charge on any atom is 0.230 e. The summed E-state index contributed by atoms with van der Waals surface area (Å²) in [5.74, 6) is 2.00. The standard InChI is InChI=1S/C22H28N2O5S2/c1-28-20-12-18-8-10-24(14-19(18)13-21(20)29-2)31(26,27)11-9-23-22(25)16-30-15-17-6-4-3-5-7-17/h3-7,12-13H,8-11,14-16H2,1-2H3,(H,23,25). The fourth-order valence-electron chi connectivity index (χ4n) is 3.43. The van der Waals surface area contributed by atoms with Gasteiger partial charge in [-0.1, -0.05) is 30.3 Å². The first-order chi connectivity index (χ1) is 14.9. The van der Waals surface area contributed by atoms with Gasteiger partial charge in [0.2, 0.25) is 15.9 Å². The second-order valence-corrected chi connectivity index (χ2v) is 10.3. The molecule has 9 heteroatoms. The molecule has 168 valence electrons. The molecule has 0 spiro atoms. The van der Waals surface area contributed by atoms with E-state index >= 15 is 0 Å². The molecule has 0 atom stereocenters. The maximum absolute atomic E-state index is 12.8. The number of fused-ring (bicyclic) bond motifs is 1. The molecule has 0 saturated heterocycles. The van der Waals surface area contributed by atoms with Crippen molar-refractivity contribution in [2.75, 3.05) is 38.8 Å². The normalized spacial score (nSPS) is 14.0. The molecule has 7 nitrogen and oxygen atoms in total. The quantitative estimate of drug-likeness (QED) is 0.581. The number of thioether (sulfide) groups is 1. The van der Waals surface area contributed by atoms with Gasteiger partial charge < -0.3 is 14.8 Å². The minimum Gasteiger partial charge on any atom is -0.493 e. The SMILES string of the molecule is COc1cc2c(cc1OC)CN(S(=O)(=O)CCNC(=O)CSCc1ccccc1)CC2. The van der Waals surface area contributed by atoms with Crippen molar-refractivity contribution in [3.8, 4) is 11.5 Å². The van der Waals surface area contributed by atoms with Gasteiger partial charge in [0.05, 0.1) is 25.7 Å². The topological polar surface area (TPSA) is 84.9 Å². The highest BCUT2D eigenvalue weighted by Gasteiger charge is 2.27. The van der Waals surface area contributed by atoms with Crippen molar-refractivity contribution in [1.82, 2.24) is 9.62 Å². The Morgan fingerprint density at radius 3 is 2.45 bits per heavy atom. The van der Waals surface area contributed by atoms with E-state index in [1.165, 1.54) is 16.1 Å². The second-order valence-electron chi connectivity index (χ2n) is 7.20. The van der Waals surface area contributed by atoms with E-state index in [2.05, 4.69) is 5.32 Å². The van der Waals surface area contributed by atoms with E-state index < -0.39 is 10.0 Å². The molecule has 0 aliphatic carbocycles. The number of rotatable bonds is 10. The summed E-state index contributed by atoms with van der Waals surface area (Å²) in [6, 6.07) is 13.7. The molecule has 1 heterocycles. The number of ether oxygens (including phenoxy) is 2. The van der Waals surface area contributed by atoms with Crippen molar-refractivity contribution in [3.63, 3.8) is 0 Å². The number of hydrogen-bond donors (Lipinski definition) is 1. The monoisotopic (exact) mass is 464 g/mol. The summed E-state index contributed by atoms with van der Waals surface area (Å²) < 4.78 is 37.7. The van der Waals surface area contributed by atoms with Gasteiger partial charge in [0.15, 0.2) is 11.5 Å². The Hall–Kier alpha value is -2.23. The zero-order valence-electron chi connectivity index (χ0n) is 17.8. The summed E-state index contributed by atoms with van der Waals surface area (Å²) in [5.41, 5.74) is 3.13. The highest BCUT2D eigenvalue weighted by atomic mass is 32.2. The number of methoxy groups -OCH3 is 2. The van der Waals surface area contributed by atoms with Gasteiger partial charge in [-0.15, -0.1) is 11.8 Å². The van der Waals surface area contributed by atoms with Crippen LogP contribution in [0.3, 0.4) is 0 Å². The van der Waals surface area contributed by atoms with Gasteiger partial charge >= 0.3 is 0 Å². The molecule has 1 aliphatic rings. The Morgan fingerprint density at radius 1 is 1.10 bits per heavy atom. The van der Waals surface area contributed by atoms with E-state index in [9.17, 15) is 13.2 Å². The van der Waals surface area contributed by atoms with E-state index in [0.717, 1.165) is 22.4 Å². The third kappa shape index (κ3) is 6.38. The molecular formula is C22H28N2O5S2. The molecule has 0 radical (unpaired) electrons. The van der Waals surface area contributed by atoms with Crippen LogP contribution in [0.4, 0.5) is 0 Å². The van der Waals surface area contributed by atoms with Crippen LogP contribution in [0.5, 0.6) is 11.5 Å². The minimum absolute atomic E-state index is 0.0996. The maximum atomic E-state index is 12.8. The zero-order valence-corrected chi connectivity index (χ0v) is 19.4. The lowest BCUT2D eigenvalue weighted by molar-refractivity contribution is -0.118. The first-order valence-corrected chi connectivity index (χ1v) is 12.8. The Kier molecular flexibility index (Phi) is 8.22. The van der Waals surface area contributed by atoms with Crippen LogP contribution in [0.15, 0.2) is 42.5 Å². The number of carbonyl (C=O) groups excluding carboxylic acids is 1. The van der Waals surface area contributed by atoms with Crippen LogP contribution in [-0.2, 0) is 33.5 Å². The van der Waals surface area contributed by atoms with Gasteiger partial charge in [0.1, 0.15) is 0 Å². The van der Waals surface area contributed by atoms with E-state index in [4.69, 9.17) is 9.47 Å². The number of nitrogens with zero attached hydrogens (tertiary/aromatic N) is 1. The summed E-state index contributed by atoms with van der Waals surface area (Å²) in [6.07, 6.45) is 0.609. The molecule has 0 bridgehead atoms. The summed E-state index contributed by atoms with van der Waals surface area (Å²) in [4.78, 5) is 12.0.